The van der Waals surface area contributed by atoms with E-state index in [1.807, 2.05) is 23.4 Å². The number of carbonyl (C=O) groups is 1. The first-order valence-corrected chi connectivity index (χ1v) is 9.35. The van der Waals surface area contributed by atoms with Gasteiger partial charge in [-0.3, -0.25) is 0 Å². The minimum atomic E-state index is -0.159. The first-order chi connectivity index (χ1) is 12.6. The summed E-state index contributed by atoms with van der Waals surface area (Å²) in [6.45, 7) is 6.24. The van der Waals surface area contributed by atoms with Crippen LogP contribution >= 0.6 is 0 Å². The monoisotopic (exact) mass is 351 g/mol. The highest BCUT2D eigenvalue weighted by Crippen LogP contribution is 2.43. The molecule has 1 aromatic heterocycles. The standard InChI is InChI=1S/C20H25N5O/c1-3-25-18(21-14-22-25)15(2)23-19(26)24-12-10-20(11-13-24)9-8-16-6-4-5-7-17(16)20/h4-9,14-15H,3,10-13H2,1-2H3,(H,23,26)/t15-/m1/s1. The van der Waals surface area contributed by atoms with Gasteiger partial charge in [-0.25, -0.2) is 14.5 Å². The SMILES string of the molecule is CCn1ncnc1[C@@H](C)NC(=O)N1CCC2(C=Cc3ccccc32)CC1. The third kappa shape index (κ3) is 2.79. The molecule has 6 nitrogen and oxygen atoms in total. The molecule has 1 saturated heterocycles. The molecular formula is C20H25N5O. The van der Waals surface area contributed by atoms with Gasteiger partial charge in [0.1, 0.15) is 12.2 Å². The van der Waals surface area contributed by atoms with Crippen LogP contribution in [-0.4, -0.2) is 38.8 Å². The maximum atomic E-state index is 12.7. The van der Waals surface area contributed by atoms with Crippen molar-refractivity contribution in [1.29, 1.82) is 0 Å². The van der Waals surface area contributed by atoms with E-state index in [1.54, 1.807) is 0 Å². The Hall–Kier alpha value is -2.63. The van der Waals surface area contributed by atoms with E-state index in [9.17, 15) is 4.79 Å². The van der Waals surface area contributed by atoms with Gasteiger partial charge in [0.2, 0.25) is 0 Å². The molecule has 2 aliphatic rings. The normalized spacial score (nSPS) is 18.8. The van der Waals surface area contributed by atoms with Gasteiger partial charge in [0.25, 0.3) is 0 Å². The second-order valence-electron chi connectivity index (χ2n) is 7.17. The van der Waals surface area contributed by atoms with Gasteiger partial charge in [-0.05, 0) is 37.8 Å². The van der Waals surface area contributed by atoms with Gasteiger partial charge >= 0.3 is 6.03 Å². The number of likely N-dealkylation sites (tertiary alicyclic amines) is 1. The number of amides is 2. The Balaban J connectivity index is 1.39. The summed E-state index contributed by atoms with van der Waals surface area (Å²) in [5.41, 5.74) is 2.82. The summed E-state index contributed by atoms with van der Waals surface area (Å²) in [6.07, 6.45) is 8.03. The predicted octanol–water partition coefficient (Wildman–Crippen LogP) is 3.13. The van der Waals surface area contributed by atoms with Crippen molar-refractivity contribution < 1.29 is 4.79 Å². The van der Waals surface area contributed by atoms with Crippen LogP contribution in [-0.2, 0) is 12.0 Å². The van der Waals surface area contributed by atoms with Crippen LogP contribution in [0.5, 0.6) is 0 Å². The highest BCUT2D eigenvalue weighted by molar-refractivity contribution is 5.75. The number of benzene rings is 1. The number of aryl methyl sites for hydroxylation is 1. The fourth-order valence-electron chi connectivity index (χ4n) is 4.17. The van der Waals surface area contributed by atoms with E-state index < -0.39 is 0 Å². The summed E-state index contributed by atoms with van der Waals surface area (Å²) in [5, 5.41) is 7.25. The van der Waals surface area contributed by atoms with Crippen molar-refractivity contribution in [3.63, 3.8) is 0 Å². The average Bonchev–Trinajstić information content (AvgIpc) is 3.28. The molecule has 1 aromatic carbocycles. The molecule has 6 heteroatoms. The summed E-state index contributed by atoms with van der Waals surface area (Å²) in [7, 11) is 0. The molecule has 2 aromatic rings. The largest absolute Gasteiger partial charge is 0.328 e. The fraction of sp³-hybridized carbons (Fsp3) is 0.450. The highest BCUT2D eigenvalue weighted by Gasteiger charge is 2.39. The van der Waals surface area contributed by atoms with Crippen LogP contribution in [0.25, 0.3) is 6.08 Å². The zero-order valence-corrected chi connectivity index (χ0v) is 15.4. The van der Waals surface area contributed by atoms with Crippen molar-refractivity contribution >= 4 is 12.1 Å². The Labute approximate surface area is 153 Å². The van der Waals surface area contributed by atoms with Crippen molar-refractivity contribution in [2.24, 2.45) is 0 Å². The third-order valence-electron chi connectivity index (χ3n) is 5.69. The van der Waals surface area contributed by atoms with E-state index >= 15 is 0 Å². The van der Waals surface area contributed by atoms with Gasteiger partial charge in [-0.2, -0.15) is 5.10 Å². The van der Waals surface area contributed by atoms with Crippen LogP contribution < -0.4 is 5.32 Å². The Kier molecular flexibility index (Phi) is 4.26. The first-order valence-electron chi connectivity index (χ1n) is 9.35. The van der Waals surface area contributed by atoms with Gasteiger partial charge in [-0.15, -0.1) is 0 Å². The summed E-state index contributed by atoms with van der Waals surface area (Å²) < 4.78 is 1.82. The number of allylic oxidation sites excluding steroid dienone is 1. The molecule has 0 bridgehead atoms. The van der Waals surface area contributed by atoms with E-state index in [0.717, 1.165) is 38.3 Å². The smallest absolute Gasteiger partial charge is 0.317 e. The van der Waals surface area contributed by atoms with Crippen molar-refractivity contribution in [2.75, 3.05) is 13.1 Å². The predicted molar refractivity (Wildman–Crippen MR) is 101 cm³/mol. The van der Waals surface area contributed by atoms with E-state index in [2.05, 4.69) is 51.8 Å². The Bertz CT molecular complexity index is 832. The zero-order valence-electron chi connectivity index (χ0n) is 15.4. The fourth-order valence-corrected chi connectivity index (χ4v) is 4.17. The number of aromatic nitrogens is 3. The number of fused-ring (bicyclic) bond motifs is 2. The Morgan fingerprint density at radius 2 is 2.08 bits per heavy atom. The summed E-state index contributed by atoms with van der Waals surface area (Å²) in [4.78, 5) is 18.9. The number of rotatable bonds is 3. The molecule has 2 heterocycles. The molecule has 4 rings (SSSR count). The van der Waals surface area contributed by atoms with Crippen LogP contribution in [0.15, 0.2) is 36.7 Å². The lowest BCUT2D eigenvalue weighted by molar-refractivity contribution is 0.167. The molecule has 1 fully saturated rings. The first kappa shape index (κ1) is 16.8. The zero-order chi connectivity index (χ0) is 18.1. The van der Waals surface area contributed by atoms with Crippen LogP contribution in [0.3, 0.4) is 0 Å². The minimum absolute atomic E-state index is 0.0201. The number of hydrogen-bond donors (Lipinski definition) is 1. The van der Waals surface area contributed by atoms with Crippen molar-refractivity contribution in [2.45, 2.75) is 44.7 Å². The number of hydrogen-bond acceptors (Lipinski definition) is 3. The number of urea groups is 1. The lowest BCUT2D eigenvalue weighted by Crippen LogP contribution is -2.48. The molecule has 1 spiro atoms. The van der Waals surface area contributed by atoms with Crippen LogP contribution in [0.4, 0.5) is 4.79 Å². The second kappa shape index (κ2) is 6.59. The quantitative estimate of drug-likeness (QED) is 0.924. The number of nitrogens with zero attached hydrogens (tertiary/aromatic N) is 4. The number of nitrogens with one attached hydrogen (secondary N) is 1. The maximum Gasteiger partial charge on any atom is 0.317 e. The molecule has 0 unspecified atom stereocenters. The van der Waals surface area contributed by atoms with Gasteiger partial charge in [-0.1, -0.05) is 36.4 Å². The molecule has 1 atom stereocenters. The number of piperidine rings is 1. The number of carbonyl (C=O) groups excluding carboxylic acids is 1. The summed E-state index contributed by atoms with van der Waals surface area (Å²) >= 11 is 0. The van der Waals surface area contributed by atoms with Gasteiger partial charge in [0.05, 0.1) is 6.04 Å². The van der Waals surface area contributed by atoms with Gasteiger partial charge < -0.3 is 10.2 Å². The Morgan fingerprint density at radius 3 is 2.85 bits per heavy atom. The third-order valence-corrected chi connectivity index (χ3v) is 5.69. The molecule has 26 heavy (non-hydrogen) atoms. The molecule has 1 aliphatic carbocycles. The van der Waals surface area contributed by atoms with Gasteiger partial charge in [0.15, 0.2) is 0 Å². The van der Waals surface area contributed by atoms with Crippen LogP contribution in [0.2, 0.25) is 0 Å². The van der Waals surface area contributed by atoms with E-state index in [0.29, 0.717) is 0 Å². The minimum Gasteiger partial charge on any atom is -0.328 e. The van der Waals surface area contributed by atoms with Crippen molar-refractivity contribution in [1.82, 2.24) is 25.0 Å². The average molecular weight is 351 g/mol. The van der Waals surface area contributed by atoms with Gasteiger partial charge in [0, 0.05) is 25.0 Å². The summed E-state index contributed by atoms with van der Waals surface area (Å²) in [6, 6.07) is 8.41. The Morgan fingerprint density at radius 1 is 1.31 bits per heavy atom. The highest BCUT2D eigenvalue weighted by atomic mass is 16.2. The van der Waals surface area contributed by atoms with Crippen LogP contribution in [0, 0.1) is 0 Å². The second-order valence-corrected chi connectivity index (χ2v) is 7.17. The molecule has 1 aliphatic heterocycles. The molecular weight excluding hydrogens is 326 g/mol. The van der Waals surface area contributed by atoms with Crippen molar-refractivity contribution in [3.8, 4) is 0 Å². The van der Waals surface area contributed by atoms with E-state index in [1.165, 1.54) is 17.5 Å². The summed E-state index contributed by atoms with van der Waals surface area (Å²) in [5.74, 6) is 0.794. The molecule has 2 amide bonds. The lowest BCUT2D eigenvalue weighted by Gasteiger charge is -2.39. The molecule has 1 N–H and O–H groups in total. The molecule has 0 saturated carbocycles. The molecule has 0 radical (unpaired) electrons. The van der Waals surface area contributed by atoms with Crippen molar-refractivity contribution in [3.05, 3.63) is 53.6 Å². The van der Waals surface area contributed by atoms with E-state index in [4.69, 9.17) is 0 Å². The topological polar surface area (TPSA) is 63.1 Å². The van der Waals surface area contributed by atoms with E-state index in [-0.39, 0.29) is 17.5 Å². The van der Waals surface area contributed by atoms with Crippen LogP contribution in [0.1, 0.15) is 49.7 Å². The molecule has 136 valence electrons. The maximum absolute atomic E-state index is 12.7. The lowest BCUT2D eigenvalue weighted by atomic mass is 9.74.